The highest BCUT2D eigenvalue weighted by molar-refractivity contribution is 5.98. The molecule has 2 aromatic heterocycles. The largest absolute Gasteiger partial charge is 0.416 e. The first-order valence-electron chi connectivity index (χ1n) is 10.9. The molecule has 1 aliphatic rings. The van der Waals surface area contributed by atoms with Crippen LogP contribution in [0.5, 0.6) is 0 Å². The van der Waals surface area contributed by atoms with E-state index in [1.807, 2.05) is 13.8 Å². The third-order valence-corrected chi connectivity index (χ3v) is 5.75. The number of hydrogen-bond acceptors (Lipinski definition) is 6. The van der Waals surface area contributed by atoms with Crippen molar-refractivity contribution in [3.63, 3.8) is 0 Å². The smallest absolute Gasteiger partial charge is 0.386 e. The van der Waals surface area contributed by atoms with Crippen molar-refractivity contribution in [3.8, 4) is 11.3 Å². The van der Waals surface area contributed by atoms with Crippen molar-refractivity contribution in [2.45, 2.75) is 45.9 Å². The molecular weight excluding hydrogens is 459 g/mol. The lowest BCUT2D eigenvalue weighted by Gasteiger charge is -2.18. The van der Waals surface area contributed by atoms with Gasteiger partial charge in [0.2, 0.25) is 0 Å². The number of rotatable bonds is 3. The number of halogens is 3. The molecule has 0 saturated heterocycles. The second kappa shape index (κ2) is 8.49. The average molecular weight is 486 g/mol. The van der Waals surface area contributed by atoms with E-state index in [9.17, 15) is 18.3 Å². The molecule has 4 rings (SSSR count). The van der Waals surface area contributed by atoms with Gasteiger partial charge in [-0.25, -0.2) is 14.7 Å². The van der Waals surface area contributed by atoms with Crippen LogP contribution in [0.3, 0.4) is 0 Å². The lowest BCUT2D eigenvalue weighted by atomic mass is 9.96. The fourth-order valence-corrected chi connectivity index (χ4v) is 4.36. The fraction of sp³-hybridized carbons (Fsp3) is 0.333. The van der Waals surface area contributed by atoms with Crippen LogP contribution in [0.4, 0.5) is 19.0 Å². The topological polar surface area (TPSA) is 107 Å². The molecule has 0 amide bonds. The number of benzene rings is 1. The van der Waals surface area contributed by atoms with Crippen molar-refractivity contribution in [2.24, 2.45) is 22.8 Å². The Hall–Kier alpha value is -3.73. The van der Waals surface area contributed by atoms with Gasteiger partial charge in [-0.05, 0) is 39.8 Å². The summed E-state index contributed by atoms with van der Waals surface area (Å²) in [6, 6.07) is 4.83. The van der Waals surface area contributed by atoms with E-state index in [-0.39, 0.29) is 5.84 Å². The Morgan fingerprint density at radius 2 is 1.71 bits per heavy atom. The lowest BCUT2D eigenvalue weighted by molar-refractivity contribution is -0.137. The summed E-state index contributed by atoms with van der Waals surface area (Å²) in [4.78, 5) is 9.07. The minimum atomic E-state index is -4.42. The molecule has 0 aliphatic carbocycles. The first kappa shape index (κ1) is 24.4. The number of amidine groups is 1. The highest BCUT2D eigenvalue weighted by atomic mass is 19.4. The van der Waals surface area contributed by atoms with Gasteiger partial charge in [0, 0.05) is 48.1 Å². The van der Waals surface area contributed by atoms with Crippen molar-refractivity contribution >= 4 is 23.7 Å². The van der Waals surface area contributed by atoms with E-state index in [0.29, 0.717) is 46.1 Å². The van der Waals surface area contributed by atoms with E-state index in [4.69, 9.17) is 5.73 Å². The number of alkyl halides is 3. The second-order valence-corrected chi connectivity index (χ2v) is 8.92. The van der Waals surface area contributed by atoms with Gasteiger partial charge in [0.05, 0.1) is 22.6 Å². The monoisotopic (exact) mass is 485 g/mol. The molecule has 0 saturated carbocycles. The summed E-state index contributed by atoms with van der Waals surface area (Å²) in [6.07, 6.45) is -0.874. The zero-order valence-electron chi connectivity index (χ0n) is 20.0. The van der Waals surface area contributed by atoms with E-state index >= 15 is 0 Å². The molecule has 1 aliphatic heterocycles. The van der Waals surface area contributed by atoms with Crippen LogP contribution >= 0.6 is 0 Å². The second-order valence-electron chi connectivity index (χ2n) is 8.92. The highest BCUT2D eigenvalue weighted by Gasteiger charge is 2.30. The Morgan fingerprint density at radius 1 is 1.06 bits per heavy atom. The Kier molecular flexibility index (Phi) is 5.92. The average Bonchev–Trinajstić information content (AvgIpc) is 3.24. The van der Waals surface area contributed by atoms with Crippen LogP contribution in [0.1, 0.15) is 41.9 Å². The van der Waals surface area contributed by atoms with Gasteiger partial charge in [0.25, 0.3) is 0 Å². The van der Waals surface area contributed by atoms with Crippen molar-refractivity contribution in [1.29, 1.82) is 0 Å². The number of aryl methyl sites for hydroxylation is 2. The maximum absolute atomic E-state index is 13.0. The van der Waals surface area contributed by atoms with Crippen molar-refractivity contribution in [3.05, 3.63) is 58.4 Å². The van der Waals surface area contributed by atoms with Crippen LogP contribution in [0.25, 0.3) is 17.1 Å². The van der Waals surface area contributed by atoms with Crippen LogP contribution in [-0.4, -0.2) is 36.7 Å². The van der Waals surface area contributed by atoms with Gasteiger partial charge in [0.15, 0.2) is 11.6 Å². The molecule has 11 heteroatoms. The Balaban J connectivity index is 1.76. The number of aliphatic imine (C=N–C) groups is 2. The number of aromatic nitrogens is 4. The van der Waals surface area contributed by atoms with E-state index < -0.39 is 17.3 Å². The quantitative estimate of drug-likeness (QED) is 0.578. The zero-order chi connectivity index (χ0) is 25.7. The molecule has 0 bridgehead atoms. The van der Waals surface area contributed by atoms with Gasteiger partial charge in [0.1, 0.15) is 5.84 Å². The number of nitrogens with zero attached hydrogens (tertiary/aromatic N) is 6. The zero-order valence-corrected chi connectivity index (χ0v) is 20.0. The molecule has 0 atom stereocenters. The van der Waals surface area contributed by atoms with E-state index in [2.05, 4.69) is 20.2 Å². The van der Waals surface area contributed by atoms with Crippen molar-refractivity contribution in [1.82, 2.24) is 19.6 Å². The summed E-state index contributed by atoms with van der Waals surface area (Å²) in [7, 11) is 1.69. The summed E-state index contributed by atoms with van der Waals surface area (Å²) in [6.45, 7) is 7.03. The maximum atomic E-state index is 13.0. The molecule has 3 aromatic rings. The molecule has 1 aromatic carbocycles. The third kappa shape index (κ3) is 4.63. The summed E-state index contributed by atoms with van der Waals surface area (Å²) < 4.78 is 42.1. The van der Waals surface area contributed by atoms with Crippen LogP contribution in [0.2, 0.25) is 0 Å². The molecule has 8 nitrogen and oxygen atoms in total. The maximum Gasteiger partial charge on any atom is 0.416 e. The number of aliphatic hydroxyl groups is 1. The Labute approximate surface area is 200 Å². The van der Waals surface area contributed by atoms with Crippen LogP contribution in [0.15, 0.2) is 40.3 Å². The van der Waals surface area contributed by atoms with Crippen molar-refractivity contribution < 1.29 is 18.3 Å². The van der Waals surface area contributed by atoms with E-state index in [0.717, 1.165) is 17.8 Å². The minimum Gasteiger partial charge on any atom is -0.386 e. The third-order valence-electron chi connectivity index (χ3n) is 5.75. The summed E-state index contributed by atoms with van der Waals surface area (Å²) in [5.41, 5.74) is 8.19. The molecule has 35 heavy (non-hydrogen) atoms. The number of fused-ring (bicyclic) bond motifs is 1. The van der Waals surface area contributed by atoms with Crippen LogP contribution < -0.4 is 5.73 Å². The summed E-state index contributed by atoms with van der Waals surface area (Å²) in [5.74, 6) is 1.05. The molecule has 0 unspecified atom stereocenters. The van der Waals surface area contributed by atoms with E-state index in [1.54, 1.807) is 37.9 Å². The first-order valence-corrected chi connectivity index (χ1v) is 10.9. The van der Waals surface area contributed by atoms with E-state index in [1.165, 1.54) is 16.8 Å². The summed E-state index contributed by atoms with van der Waals surface area (Å²) >= 11 is 0. The molecule has 0 fully saturated rings. The van der Waals surface area contributed by atoms with Crippen LogP contribution in [0, 0.1) is 13.8 Å². The standard InChI is InChI=1S/C24H26F3N7O/c1-13-20(23(3,4)35)14(2)34(31-13)19-12-18(28)30-22-17(10-11-29-19)21(32-33(22)5)15-6-8-16(9-7-15)24(25,26)27/h6-9,11-12,35H,10H2,1-5H3,(H2,28,30). The number of hydrogen-bond donors (Lipinski definition) is 2. The highest BCUT2D eigenvalue weighted by Crippen LogP contribution is 2.35. The van der Waals surface area contributed by atoms with Gasteiger partial charge < -0.3 is 10.8 Å². The lowest BCUT2D eigenvalue weighted by Crippen LogP contribution is -2.18. The van der Waals surface area contributed by atoms with Gasteiger partial charge in [-0.15, -0.1) is 0 Å². The predicted molar refractivity (Wildman–Crippen MR) is 128 cm³/mol. The van der Waals surface area contributed by atoms with Gasteiger partial charge >= 0.3 is 6.18 Å². The SMILES string of the molecule is Cc1nn(C2=CC(N)=Nc3c(c(-c4ccc(C(F)(F)F)cc4)nn3C)CC=N2)c(C)c1C(C)(C)O. The Bertz CT molecular complexity index is 1370. The minimum absolute atomic E-state index is 0.152. The predicted octanol–water partition coefficient (Wildman–Crippen LogP) is 4.26. The molecule has 3 heterocycles. The molecule has 0 spiro atoms. The summed E-state index contributed by atoms with van der Waals surface area (Å²) in [5, 5.41) is 19.6. The first-order chi connectivity index (χ1) is 16.3. The fourth-order valence-electron chi connectivity index (χ4n) is 4.36. The molecule has 0 radical (unpaired) electrons. The normalized spacial score (nSPS) is 14.7. The van der Waals surface area contributed by atoms with Crippen molar-refractivity contribution in [2.75, 3.05) is 0 Å². The molecular formula is C24H26F3N7O. The molecule has 184 valence electrons. The Morgan fingerprint density at radius 3 is 2.29 bits per heavy atom. The number of nitrogens with two attached hydrogens (primary N) is 1. The van der Waals surface area contributed by atoms with Gasteiger partial charge in [-0.1, -0.05) is 12.1 Å². The van der Waals surface area contributed by atoms with Crippen LogP contribution in [-0.2, 0) is 25.2 Å². The van der Waals surface area contributed by atoms with Gasteiger partial charge in [-0.3, -0.25) is 4.68 Å². The molecule has 3 N–H and O–H groups in total. The van der Waals surface area contributed by atoms with Gasteiger partial charge in [-0.2, -0.15) is 23.4 Å².